The van der Waals surface area contributed by atoms with Crippen molar-refractivity contribution in [1.82, 2.24) is 9.38 Å². The van der Waals surface area contributed by atoms with Crippen molar-refractivity contribution < 1.29 is 9.90 Å². The molecule has 2 heterocycles. The van der Waals surface area contributed by atoms with Gasteiger partial charge in [0.05, 0.1) is 0 Å². The van der Waals surface area contributed by atoms with Gasteiger partial charge in [-0.15, -0.1) is 0 Å². The largest absolute Gasteiger partial charge is 0.480 e. The zero-order valence-corrected chi connectivity index (χ0v) is 8.00. The number of carboxylic acids is 1. The minimum atomic E-state index is -0.999. The first kappa shape index (κ1) is 9.67. The monoisotopic (exact) mass is 205 g/mol. The summed E-state index contributed by atoms with van der Waals surface area (Å²) < 4.78 is 1.84. The van der Waals surface area contributed by atoms with Crippen LogP contribution in [0.3, 0.4) is 0 Å². The number of pyridine rings is 1. The third-order valence-corrected chi connectivity index (χ3v) is 2.24. The molecule has 0 saturated carbocycles. The second-order valence-electron chi connectivity index (χ2n) is 3.33. The molecule has 2 aromatic heterocycles. The van der Waals surface area contributed by atoms with Gasteiger partial charge < -0.3 is 15.2 Å². The average molecular weight is 205 g/mol. The van der Waals surface area contributed by atoms with Gasteiger partial charge in [-0.05, 0) is 12.1 Å². The van der Waals surface area contributed by atoms with Crippen LogP contribution in [0.15, 0.2) is 30.6 Å². The molecule has 2 rings (SSSR count). The molecular weight excluding hydrogens is 194 g/mol. The smallest absolute Gasteiger partial charge is 0.320 e. The molecule has 15 heavy (non-hydrogen) atoms. The molecule has 0 aliphatic heterocycles. The Morgan fingerprint density at radius 2 is 2.40 bits per heavy atom. The van der Waals surface area contributed by atoms with E-state index in [4.69, 9.17) is 10.8 Å². The summed E-state index contributed by atoms with van der Waals surface area (Å²) in [6.45, 7) is 0. The first-order chi connectivity index (χ1) is 7.18. The minimum absolute atomic E-state index is 0.278. The average Bonchev–Trinajstić information content (AvgIpc) is 2.62. The molecule has 1 atom stereocenters. The molecule has 0 aliphatic carbocycles. The van der Waals surface area contributed by atoms with Crippen LogP contribution in [0.25, 0.3) is 5.65 Å². The Hall–Kier alpha value is -1.88. The van der Waals surface area contributed by atoms with Crippen LogP contribution in [0.4, 0.5) is 0 Å². The molecule has 0 amide bonds. The van der Waals surface area contributed by atoms with Gasteiger partial charge in [-0.2, -0.15) is 0 Å². The van der Waals surface area contributed by atoms with Gasteiger partial charge in [0.15, 0.2) is 0 Å². The number of carbonyl (C=O) groups is 1. The normalized spacial score (nSPS) is 12.9. The molecule has 0 bridgehead atoms. The first-order valence-corrected chi connectivity index (χ1v) is 4.58. The van der Waals surface area contributed by atoms with E-state index in [0.29, 0.717) is 0 Å². The minimum Gasteiger partial charge on any atom is -0.480 e. The lowest BCUT2D eigenvalue weighted by molar-refractivity contribution is -0.138. The van der Waals surface area contributed by atoms with Crippen molar-refractivity contribution >= 4 is 11.6 Å². The van der Waals surface area contributed by atoms with Crippen LogP contribution in [-0.4, -0.2) is 26.5 Å². The lowest BCUT2D eigenvalue weighted by Gasteiger charge is -2.05. The molecule has 5 nitrogen and oxygen atoms in total. The summed E-state index contributed by atoms with van der Waals surface area (Å²) in [7, 11) is 0. The molecule has 0 unspecified atom stereocenters. The van der Waals surface area contributed by atoms with Crippen molar-refractivity contribution in [1.29, 1.82) is 0 Å². The van der Waals surface area contributed by atoms with Gasteiger partial charge in [0.1, 0.15) is 11.7 Å². The van der Waals surface area contributed by atoms with E-state index in [1.807, 2.05) is 28.8 Å². The van der Waals surface area contributed by atoms with Crippen molar-refractivity contribution in [2.45, 2.75) is 12.5 Å². The molecule has 2 aromatic rings. The first-order valence-electron chi connectivity index (χ1n) is 4.58. The topological polar surface area (TPSA) is 80.6 Å². The number of nitrogens with zero attached hydrogens (tertiary/aromatic N) is 2. The maximum atomic E-state index is 10.6. The highest BCUT2D eigenvalue weighted by Gasteiger charge is 2.14. The molecule has 5 heteroatoms. The molecule has 0 radical (unpaired) electrons. The van der Waals surface area contributed by atoms with E-state index < -0.39 is 12.0 Å². The molecule has 0 saturated heterocycles. The summed E-state index contributed by atoms with van der Waals surface area (Å²) in [5.41, 5.74) is 7.06. The predicted octanol–water partition coefficient (Wildman–Crippen LogP) is 0.289. The molecular formula is C10H11N3O2. The van der Waals surface area contributed by atoms with Gasteiger partial charge in [-0.1, -0.05) is 6.07 Å². The Bertz CT molecular complexity index is 492. The Labute approximate surface area is 86.2 Å². The number of hydrogen-bond acceptors (Lipinski definition) is 3. The SMILES string of the molecule is N[C@@H](Cc1cnc2ccccn12)C(=O)O. The number of nitrogens with two attached hydrogens (primary N) is 1. The van der Waals surface area contributed by atoms with Crippen LogP contribution >= 0.6 is 0 Å². The zero-order chi connectivity index (χ0) is 10.8. The number of hydrogen-bond donors (Lipinski definition) is 2. The van der Waals surface area contributed by atoms with E-state index in [1.165, 1.54) is 0 Å². The Balaban J connectivity index is 2.32. The highest BCUT2D eigenvalue weighted by atomic mass is 16.4. The van der Waals surface area contributed by atoms with E-state index in [1.54, 1.807) is 6.20 Å². The van der Waals surface area contributed by atoms with Gasteiger partial charge in [0.25, 0.3) is 0 Å². The third kappa shape index (κ3) is 1.82. The van der Waals surface area contributed by atoms with Gasteiger partial charge in [0, 0.05) is 24.5 Å². The maximum Gasteiger partial charge on any atom is 0.320 e. The summed E-state index contributed by atoms with van der Waals surface area (Å²) >= 11 is 0. The van der Waals surface area contributed by atoms with E-state index in [9.17, 15) is 4.79 Å². The van der Waals surface area contributed by atoms with Crippen molar-refractivity contribution in [3.63, 3.8) is 0 Å². The molecule has 0 aromatic carbocycles. The lowest BCUT2D eigenvalue weighted by atomic mass is 10.2. The van der Waals surface area contributed by atoms with Crippen LogP contribution < -0.4 is 5.73 Å². The van der Waals surface area contributed by atoms with E-state index in [2.05, 4.69) is 4.98 Å². The highest BCUT2D eigenvalue weighted by molar-refractivity contribution is 5.73. The van der Waals surface area contributed by atoms with Gasteiger partial charge in [-0.3, -0.25) is 4.79 Å². The summed E-state index contributed by atoms with van der Waals surface area (Å²) in [5, 5.41) is 8.70. The molecule has 0 fully saturated rings. The molecule has 3 N–H and O–H groups in total. The number of imidazole rings is 1. The fraction of sp³-hybridized carbons (Fsp3) is 0.200. The van der Waals surface area contributed by atoms with Crippen LogP contribution in [-0.2, 0) is 11.2 Å². The fourth-order valence-corrected chi connectivity index (χ4v) is 1.45. The second-order valence-corrected chi connectivity index (χ2v) is 3.33. The number of aromatic nitrogens is 2. The number of aliphatic carboxylic acids is 1. The summed E-state index contributed by atoms with van der Waals surface area (Å²) in [5.74, 6) is -0.999. The maximum absolute atomic E-state index is 10.6. The summed E-state index contributed by atoms with van der Waals surface area (Å²) in [4.78, 5) is 14.8. The quantitative estimate of drug-likeness (QED) is 0.754. The summed E-state index contributed by atoms with van der Waals surface area (Å²) in [6, 6.07) is 4.72. The Morgan fingerprint density at radius 3 is 3.13 bits per heavy atom. The molecule has 0 aliphatic rings. The Morgan fingerprint density at radius 1 is 1.60 bits per heavy atom. The fourth-order valence-electron chi connectivity index (χ4n) is 1.45. The van der Waals surface area contributed by atoms with Crippen molar-refractivity contribution in [3.05, 3.63) is 36.3 Å². The lowest BCUT2D eigenvalue weighted by Crippen LogP contribution is -2.32. The van der Waals surface area contributed by atoms with E-state index >= 15 is 0 Å². The molecule has 0 spiro atoms. The van der Waals surface area contributed by atoms with Gasteiger partial charge in [-0.25, -0.2) is 4.98 Å². The van der Waals surface area contributed by atoms with Crippen LogP contribution in [0.5, 0.6) is 0 Å². The molecule has 78 valence electrons. The van der Waals surface area contributed by atoms with Crippen molar-refractivity contribution in [3.8, 4) is 0 Å². The summed E-state index contributed by atoms with van der Waals surface area (Å²) in [6.07, 6.45) is 3.77. The van der Waals surface area contributed by atoms with Crippen LogP contribution in [0.2, 0.25) is 0 Å². The zero-order valence-electron chi connectivity index (χ0n) is 8.00. The highest BCUT2D eigenvalue weighted by Crippen LogP contribution is 2.07. The standard InChI is InChI=1S/C10H11N3O2/c11-8(10(14)15)5-7-6-12-9-3-1-2-4-13(7)9/h1-4,6,8H,5,11H2,(H,14,15)/t8-/m0/s1. The predicted molar refractivity (Wildman–Crippen MR) is 54.5 cm³/mol. The van der Waals surface area contributed by atoms with Crippen LogP contribution in [0.1, 0.15) is 5.69 Å². The second kappa shape index (κ2) is 3.70. The van der Waals surface area contributed by atoms with Gasteiger partial charge >= 0.3 is 5.97 Å². The number of fused-ring (bicyclic) bond motifs is 1. The van der Waals surface area contributed by atoms with Crippen LogP contribution in [0, 0.1) is 0 Å². The number of rotatable bonds is 3. The van der Waals surface area contributed by atoms with Crippen molar-refractivity contribution in [2.75, 3.05) is 0 Å². The van der Waals surface area contributed by atoms with Gasteiger partial charge in [0.2, 0.25) is 0 Å². The number of carboxylic acid groups (broad SMARTS) is 1. The van der Waals surface area contributed by atoms with E-state index in [-0.39, 0.29) is 6.42 Å². The third-order valence-electron chi connectivity index (χ3n) is 2.24. The Kier molecular flexibility index (Phi) is 2.39. The van der Waals surface area contributed by atoms with Crippen molar-refractivity contribution in [2.24, 2.45) is 5.73 Å². The van der Waals surface area contributed by atoms with E-state index in [0.717, 1.165) is 11.3 Å².